The van der Waals surface area contributed by atoms with Gasteiger partial charge in [-0.15, -0.1) is 8.58 Å². The van der Waals surface area contributed by atoms with Crippen LogP contribution in [0, 0.1) is 34.9 Å². The molecule has 0 saturated carbocycles. The van der Waals surface area contributed by atoms with Crippen LogP contribution in [0.3, 0.4) is 0 Å². The van der Waals surface area contributed by atoms with Crippen LogP contribution in [0.4, 0.5) is 26.3 Å². The van der Waals surface area contributed by atoms with E-state index in [-0.39, 0.29) is 0 Å². The van der Waals surface area contributed by atoms with Gasteiger partial charge in [0.2, 0.25) is 5.82 Å². The Morgan fingerprint density at radius 1 is 0.529 bits per heavy atom. The summed E-state index contributed by atoms with van der Waals surface area (Å²) in [5.74, 6) is -11.7. The summed E-state index contributed by atoms with van der Waals surface area (Å²) in [6, 6.07) is 4.22. The van der Waals surface area contributed by atoms with Crippen LogP contribution in [-0.4, -0.2) is 12.3 Å². The summed E-state index contributed by atoms with van der Waals surface area (Å²) < 4.78 is 78.8. The van der Waals surface area contributed by atoms with Gasteiger partial charge in [-0.3, -0.25) is 0 Å². The van der Waals surface area contributed by atoms with E-state index in [1.54, 1.807) is 0 Å². The molecule has 2 rings (SSSR count). The van der Waals surface area contributed by atoms with Crippen molar-refractivity contribution in [3.63, 3.8) is 0 Å². The van der Waals surface area contributed by atoms with Crippen molar-refractivity contribution in [2.45, 2.75) is 84.5 Å². The van der Waals surface area contributed by atoms with E-state index in [0.29, 0.717) is 0 Å². The number of rotatable bonds is 14. The summed E-state index contributed by atoms with van der Waals surface area (Å²) in [6.45, 7) is 4.58. The molecule has 0 fully saturated rings. The van der Waals surface area contributed by atoms with Gasteiger partial charge < -0.3 is 0 Å². The summed E-state index contributed by atoms with van der Waals surface area (Å²) >= 11 is 0. The average Bonchev–Trinajstić information content (AvgIpc) is 2.84. The van der Waals surface area contributed by atoms with Gasteiger partial charge in [-0.25, -0.2) is 26.3 Å². The third kappa shape index (κ3) is 10.4. The normalized spacial score (nSPS) is 11.2. The highest BCUT2D eigenvalue weighted by molar-refractivity contribution is 7.37. The fourth-order valence-corrected chi connectivity index (χ4v) is 4.76. The molecule has 2 aromatic carbocycles. The molecule has 0 amide bonds. The van der Waals surface area contributed by atoms with Gasteiger partial charge in [0.25, 0.3) is 0 Å². The van der Waals surface area contributed by atoms with Crippen molar-refractivity contribution in [3.8, 4) is 11.1 Å². The highest BCUT2D eigenvalue weighted by Gasteiger charge is 2.27. The second kappa shape index (κ2) is 17.8. The summed E-state index contributed by atoms with van der Waals surface area (Å²) in [4.78, 5) is 0. The zero-order valence-corrected chi connectivity index (χ0v) is 21.3. The lowest BCUT2D eigenvalue weighted by molar-refractivity contribution is 0.381. The standard InChI is InChI=1S/C15H33P.C12H4F6/c1-3-5-7-9-10-11-13-15-16-14-12-8-6-4-2;13-6-4-2-1-3-5(6)7-8(14)10(16)12(18)11(17)9(7)15/h16H,3-15H2,1-2H3;1-4H. The lowest BCUT2D eigenvalue weighted by Crippen LogP contribution is -2.04. The molecule has 7 heteroatoms. The molecule has 0 aromatic heterocycles. The Bertz CT molecular complexity index is 797. The van der Waals surface area contributed by atoms with Crippen LogP contribution < -0.4 is 0 Å². The molecule has 0 N–H and O–H groups in total. The maximum Gasteiger partial charge on any atom is 0.200 e. The minimum atomic E-state index is -2.27. The summed E-state index contributed by atoms with van der Waals surface area (Å²) in [5, 5.41) is 0. The van der Waals surface area contributed by atoms with Crippen LogP contribution in [0.15, 0.2) is 24.3 Å². The molecule has 0 spiro atoms. The van der Waals surface area contributed by atoms with Crippen molar-refractivity contribution in [1.82, 2.24) is 0 Å². The maximum absolute atomic E-state index is 13.4. The Balaban J connectivity index is 0.000000344. The van der Waals surface area contributed by atoms with E-state index >= 15 is 0 Å². The largest absolute Gasteiger partial charge is 0.206 e. The molecule has 0 aliphatic rings. The Hall–Kier alpha value is -1.55. The molecule has 0 nitrogen and oxygen atoms in total. The average molecular weight is 507 g/mol. The second-order valence-corrected chi connectivity index (χ2v) is 9.86. The Morgan fingerprint density at radius 2 is 0.941 bits per heavy atom. The summed E-state index contributed by atoms with van der Waals surface area (Å²) in [6.07, 6.45) is 19.0. The Kier molecular flexibility index (Phi) is 16.0. The van der Waals surface area contributed by atoms with Crippen LogP contribution >= 0.6 is 8.58 Å². The maximum atomic E-state index is 13.4. The molecule has 1 unspecified atom stereocenters. The molecule has 0 saturated heterocycles. The quantitative estimate of drug-likeness (QED) is 0.0786. The van der Waals surface area contributed by atoms with Crippen molar-refractivity contribution in [1.29, 1.82) is 0 Å². The third-order valence-electron chi connectivity index (χ3n) is 5.52. The van der Waals surface area contributed by atoms with Crippen LogP contribution in [0.5, 0.6) is 0 Å². The van der Waals surface area contributed by atoms with E-state index < -0.39 is 46.0 Å². The van der Waals surface area contributed by atoms with Gasteiger partial charge in [-0.1, -0.05) is 89.8 Å². The van der Waals surface area contributed by atoms with Crippen molar-refractivity contribution < 1.29 is 26.3 Å². The van der Waals surface area contributed by atoms with Crippen molar-refractivity contribution in [3.05, 3.63) is 59.2 Å². The molecule has 0 bridgehead atoms. The Labute approximate surface area is 202 Å². The van der Waals surface area contributed by atoms with Crippen LogP contribution in [0.25, 0.3) is 11.1 Å². The van der Waals surface area contributed by atoms with Crippen molar-refractivity contribution >= 4 is 8.58 Å². The highest BCUT2D eigenvalue weighted by Crippen LogP contribution is 2.32. The monoisotopic (exact) mass is 506 g/mol. The molecular weight excluding hydrogens is 469 g/mol. The summed E-state index contributed by atoms with van der Waals surface area (Å²) in [7, 11) is 1.26. The third-order valence-corrected chi connectivity index (χ3v) is 6.93. The lowest BCUT2D eigenvalue weighted by atomic mass is 10.0. The van der Waals surface area contributed by atoms with Crippen molar-refractivity contribution in [2.75, 3.05) is 12.3 Å². The van der Waals surface area contributed by atoms with Gasteiger partial charge in [0.15, 0.2) is 23.3 Å². The molecule has 0 aliphatic heterocycles. The molecule has 1 atom stereocenters. The minimum Gasteiger partial charge on any atom is -0.206 e. The van der Waals surface area contributed by atoms with E-state index in [9.17, 15) is 26.3 Å². The molecule has 0 radical (unpaired) electrons. The first kappa shape index (κ1) is 30.5. The van der Waals surface area contributed by atoms with E-state index in [2.05, 4.69) is 13.8 Å². The number of halogens is 6. The van der Waals surface area contributed by atoms with Crippen LogP contribution in [0.1, 0.15) is 84.5 Å². The van der Waals surface area contributed by atoms with E-state index in [0.717, 1.165) is 12.1 Å². The van der Waals surface area contributed by atoms with Crippen LogP contribution in [0.2, 0.25) is 0 Å². The van der Waals surface area contributed by atoms with Gasteiger partial charge >= 0.3 is 0 Å². The van der Waals surface area contributed by atoms with Gasteiger partial charge in [-0.05, 0) is 31.2 Å². The highest BCUT2D eigenvalue weighted by atomic mass is 31.1. The topological polar surface area (TPSA) is 0 Å². The molecule has 0 aliphatic carbocycles. The molecule has 192 valence electrons. The van der Waals surface area contributed by atoms with E-state index in [4.69, 9.17) is 0 Å². The first-order valence-electron chi connectivity index (χ1n) is 12.3. The Morgan fingerprint density at radius 3 is 1.44 bits per heavy atom. The van der Waals surface area contributed by atoms with Crippen LogP contribution in [-0.2, 0) is 0 Å². The minimum absolute atomic E-state index is 0.690. The fraction of sp³-hybridized carbons (Fsp3) is 0.556. The predicted octanol–water partition coefficient (Wildman–Crippen LogP) is 10.2. The van der Waals surface area contributed by atoms with Gasteiger partial charge in [-0.2, -0.15) is 0 Å². The SMILES string of the molecule is CCCCCCCCCPCCCCCC.Fc1ccccc1-c1c(F)c(F)c(F)c(F)c1F. The smallest absolute Gasteiger partial charge is 0.200 e. The zero-order chi connectivity index (χ0) is 25.3. The van der Waals surface area contributed by atoms with Gasteiger partial charge in [0.05, 0.1) is 5.56 Å². The summed E-state index contributed by atoms with van der Waals surface area (Å²) in [5.41, 5.74) is -1.96. The van der Waals surface area contributed by atoms with Gasteiger partial charge in [0.1, 0.15) is 5.82 Å². The van der Waals surface area contributed by atoms with Gasteiger partial charge in [0, 0.05) is 5.56 Å². The number of hydrogen-bond donors (Lipinski definition) is 0. The number of unbranched alkanes of at least 4 members (excludes halogenated alkanes) is 9. The lowest BCUT2D eigenvalue weighted by Gasteiger charge is -2.08. The second-order valence-electron chi connectivity index (χ2n) is 8.36. The predicted molar refractivity (Wildman–Crippen MR) is 132 cm³/mol. The van der Waals surface area contributed by atoms with E-state index in [1.807, 2.05) is 0 Å². The first-order valence-corrected chi connectivity index (χ1v) is 13.7. The fourth-order valence-electron chi connectivity index (χ4n) is 3.51. The molecule has 34 heavy (non-hydrogen) atoms. The molecule has 2 aromatic rings. The first-order chi connectivity index (χ1) is 16.4. The molecular formula is C27H37F6P. The zero-order valence-electron chi connectivity index (χ0n) is 20.3. The number of benzene rings is 2. The van der Waals surface area contributed by atoms with Crippen molar-refractivity contribution in [2.24, 2.45) is 0 Å². The number of hydrogen-bond acceptors (Lipinski definition) is 0. The molecule has 0 heterocycles. The van der Waals surface area contributed by atoms with E-state index in [1.165, 1.54) is 104 Å².